The lowest BCUT2D eigenvalue weighted by Crippen LogP contribution is -1.99. The SMILES string of the molecule is C=C(N=C(C)c1ccc2c(-c3ccccc3)c3cc(C)ccc3c(-c3ccccc3)c2c1)C1=CCCC=C1. The molecule has 0 aliphatic heterocycles. The Morgan fingerprint density at radius 1 is 0.684 bits per heavy atom. The van der Waals surface area contributed by atoms with E-state index >= 15 is 0 Å². The largest absolute Gasteiger partial charge is 0.253 e. The molecule has 0 amide bonds. The molecule has 5 aromatic rings. The fourth-order valence-corrected chi connectivity index (χ4v) is 5.56. The molecule has 0 atom stereocenters. The van der Waals surface area contributed by atoms with E-state index in [4.69, 9.17) is 4.99 Å². The number of aliphatic imine (C=N–C) groups is 1. The smallest absolute Gasteiger partial charge is 0.0630 e. The highest BCUT2D eigenvalue weighted by molar-refractivity contribution is 6.22. The van der Waals surface area contributed by atoms with Crippen LogP contribution in [0.5, 0.6) is 0 Å². The third-order valence-corrected chi connectivity index (χ3v) is 7.45. The summed E-state index contributed by atoms with van der Waals surface area (Å²) in [5.41, 5.74) is 10.3. The molecule has 0 fully saturated rings. The molecule has 0 saturated carbocycles. The van der Waals surface area contributed by atoms with Crippen molar-refractivity contribution in [2.75, 3.05) is 0 Å². The first-order valence-corrected chi connectivity index (χ1v) is 13.3. The molecule has 5 aromatic carbocycles. The van der Waals surface area contributed by atoms with Gasteiger partial charge in [0.25, 0.3) is 0 Å². The van der Waals surface area contributed by atoms with E-state index in [1.54, 1.807) is 0 Å². The summed E-state index contributed by atoms with van der Waals surface area (Å²) in [6.45, 7) is 8.53. The second kappa shape index (κ2) is 10.1. The van der Waals surface area contributed by atoms with E-state index in [9.17, 15) is 0 Å². The molecule has 1 nitrogen and oxygen atoms in total. The number of hydrogen-bond donors (Lipinski definition) is 0. The van der Waals surface area contributed by atoms with Gasteiger partial charge >= 0.3 is 0 Å². The number of hydrogen-bond acceptors (Lipinski definition) is 1. The second-order valence-corrected chi connectivity index (χ2v) is 10.1. The maximum Gasteiger partial charge on any atom is 0.0630 e. The summed E-state index contributed by atoms with van der Waals surface area (Å²) >= 11 is 0. The van der Waals surface area contributed by atoms with Crippen molar-refractivity contribution in [3.8, 4) is 22.3 Å². The molecule has 0 radical (unpaired) electrons. The van der Waals surface area contributed by atoms with Crippen molar-refractivity contribution < 1.29 is 0 Å². The zero-order valence-corrected chi connectivity index (χ0v) is 22.0. The minimum atomic E-state index is 0.820. The zero-order valence-electron chi connectivity index (χ0n) is 22.0. The van der Waals surface area contributed by atoms with Crippen LogP contribution in [0.25, 0.3) is 43.8 Å². The van der Waals surface area contributed by atoms with E-state index in [2.05, 4.69) is 136 Å². The maximum atomic E-state index is 4.94. The molecule has 0 saturated heterocycles. The summed E-state index contributed by atoms with van der Waals surface area (Å²) in [6.07, 6.45) is 8.70. The number of nitrogens with zero attached hydrogens (tertiary/aromatic N) is 1. The average Bonchev–Trinajstić information content (AvgIpc) is 2.97. The molecule has 0 bridgehead atoms. The van der Waals surface area contributed by atoms with Crippen LogP contribution in [0.4, 0.5) is 0 Å². The highest BCUT2D eigenvalue weighted by atomic mass is 14.8. The van der Waals surface area contributed by atoms with Crippen LogP contribution in [-0.2, 0) is 0 Å². The van der Waals surface area contributed by atoms with Crippen molar-refractivity contribution in [3.05, 3.63) is 144 Å². The van der Waals surface area contributed by atoms with Crippen LogP contribution in [0, 0.1) is 6.92 Å². The van der Waals surface area contributed by atoms with Crippen LogP contribution in [0.15, 0.2) is 138 Å². The van der Waals surface area contributed by atoms with E-state index in [0.29, 0.717) is 0 Å². The summed E-state index contributed by atoms with van der Waals surface area (Å²) in [5, 5.41) is 5.04. The Kier molecular flexibility index (Phi) is 6.35. The normalized spacial score (nSPS) is 13.6. The topological polar surface area (TPSA) is 12.4 Å². The summed E-state index contributed by atoms with van der Waals surface area (Å²) in [7, 11) is 0. The van der Waals surface area contributed by atoms with Crippen LogP contribution < -0.4 is 0 Å². The first-order chi connectivity index (χ1) is 18.6. The molecule has 0 unspecified atom stereocenters. The number of rotatable bonds is 5. The van der Waals surface area contributed by atoms with Gasteiger partial charge in [-0.3, -0.25) is 4.99 Å². The van der Waals surface area contributed by atoms with Crippen molar-refractivity contribution in [1.29, 1.82) is 0 Å². The van der Waals surface area contributed by atoms with Crippen molar-refractivity contribution in [3.63, 3.8) is 0 Å². The molecule has 0 N–H and O–H groups in total. The lowest BCUT2D eigenvalue weighted by molar-refractivity contribution is 1.02. The lowest BCUT2D eigenvalue weighted by atomic mass is 9.84. The maximum absolute atomic E-state index is 4.94. The molecule has 184 valence electrons. The molecule has 0 heterocycles. The second-order valence-electron chi connectivity index (χ2n) is 10.1. The van der Waals surface area contributed by atoms with Gasteiger partial charge in [0.15, 0.2) is 0 Å². The number of aryl methyl sites for hydroxylation is 1. The Morgan fingerprint density at radius 2 is 1.29 bits per heavy atom. The molecule has 0 spiro atoms. The van der Waals surface area contributed by atoms with E-state index in [1.807, 2.05) is 0 Å². The Hall–Kier alpha value is -4.49. The van der Waals surface area contributed by atoms with E-state index in [-0.39, 0.29) is 0 Å². The van der Waals surface area contributed by atoms with Gasteiger partial charge in [-0.2, -0.15) is 0 Å². The molecule has 0 aromatic heterocycles. The van der Waals surface area contributed by atoms with Gasteiger partial charge in [-0.05, 0) is 87.7 Å². The fraction of sp³-hybridized carbons (Fsp3) is 0.108. The Balaban J connectivity index is 1.65. The number of benzene rings is 5. The van der Waals surface area contributed by atoms with Gasteiger partial charge in [0, 0.05) is 5.71 Å². The first-order valence-electron chi connectivity index (χ1n) is 13.3. The van der Waals surface area contributed by atoms with Crippen LogP contribution >= 0.6 is 0 Å². The minimum Gasteiger partial charge on any atom is -0.253 e. The lowest BCUT2D eigenvalue weighted by Gasteiger charge is -2.19. The van der Waals surface area contributed by atoms with Gasteiger partial charge in [0.2, 0.25) is 0 Å². The Labute approximate surface area is 225 Å². The summed E-state index contributed by atoms with van der Waals surface area (Å²) in [5.74, 6) is 0. The van der Waals surface area contributed by atoms with E-state index < -0.39 is 0 Å². The third kappa shape index (κ3) is 4.41. The molecular weight excluding hydrogens is 458 g/mol. The molecule has 6 rings (SSSR count). The summed E-state index contributed by atoms with van der Waals surface area (Å²) < 4.78 is 0. The molecule has 1 aliphatic carbocycles. The van der Waals surface area contributed by atoms with Crippen molar-refractivity contribution in [1.82, 2.24) is 0 Å². The van der Waals surface area contributed by atoms with Crippen molar-refractivity contribution >= 4 is 27.3 Å². The monoisotopic (exact) mass is 489 g/mol. The van der Waals surface area contributed by atoms with Crippen molar-refractivity contribution in [2.45, 2.75) is 26.7 Å². The Morgan fingerprint density at radius 3 is 1.89 bits per heavy atom. The third-order valence-electron chi connectivity index (χ3n) is 7.45. The standard InChI is InChI=1S/C37H31N/c1-25-19-21-32-34(23-25)36(29-15-9-5-10-16-29)33-22-20-31(24-35(33)37(32)30-17-11-6-12-18-30)27(3)38-26(2)28-13-7-4-8-14-28/h5-7,9-24H,2,4,8H2,1,3H3. The van der Waals surface area contributed by atoms with Gasteiger partial charge in [0.1, 0.15) is 0 Å². The highest BCUT2D eigenvalue weighted by Gasteiger charge is 2.18. The summed E-state index contributed by atoms with van der Waals surface area (Å²) in [4.78, 5) is 4.94. The van der Waals surface area contributed by atoms with Crippen LogP contribution in [0.3, 0.4) is 0 Å². The van der Waals surface area contributed by atoms with E-state index in [0.717, 1.165) is 35.4 Å². The number of allylic oxidation sites excluding steroid dienone is 3. The predicted molar refractivity (Wildman–Crippen MR) is 165 cm³/mol. The van der Waals surface area contributed by atoms with Crippen LogP contribution in [0.2, 0.25) is 0 Å². The zero-order chi connectivity index (χ0) is 26.1. The molecule has 1 heteroatoms. The molecule has 1 aliphatic rings. The minimum absolute atomic E-state index is 0.820. The van der Waals surface area contributed by atoms with Gasteiger partial charge in [0.05, 0.1) is 5.70 Å². The predicted octanol–water partition coefficient (Wildman–Crippen LogP) is 10.2. The summed E-state index contributed by atoms with van der Waals surface area (Å²) in [6, 6.07) is 35.2. The van der Waals surface area contributed by atoms with Gasteiger partial charge in [-0.15, -0.1) is 0 Å². The van der Waals surface area contributed by atoms with Gasteiger partial charge in [-0.1, -0.05) is 121 Å². The van der Waals surface area contributed by atoms with Crippen LogP contribution in [-0.4, -0.2) is 5.71 Å². The highest BCUT2D eigenvalue weighted by Crippen LogP contribution is 2.44. The fourth-order valence-electron chi connectivity index (χ4n) is 5.56. The average molecular weight is 490 g/mol. The van der Waals surface area contributed by atoms with Gasteiger partial charge in [-0.25, -0.2) is 0 Å². The molecular formula is C37H31N. The van der Waals surface area contributed by atoms with Gasteiger partial charge < -0.3 is 0 Å². The Bertz CT molecular complexity index is 1770. The van der Waals surface area contributed by atoms with Crippen LogP contribution in [0.1, 0.15) is 30.9 Å². The molecule has 38 heavy (non-hydrogen) atoms. The number of fused-ring (bicyclic) bond motifs is 2. The van der Waals surface area contributed by atoms with E-state index in [1.165, 1.54) is 49.4 Å². The first kappa shape index (κ1) is 23.9. The quantitative estimate of drug-likeness (QED) is 0.172. The van der Waals surface area contributed by atoms with Crippen molar-refractivity contribution in [2.24, 2.45) is 4.99 Å².